The van der Waals surface area contributed by atoms with Gasteiger partial charge in [-0.2, -0.15) is 0 Å². The largest absolute Gasteiger partial charge is 0.345 e. The van der Waals surface area contributed by atoms with Crippen LogP contribution in [0, 0.1) is 13.8 Å². The summed E-state index contributed by atoms with van der Waals surface area (Å²) in [7, 11) is 0. The molecule has 0 saturated heterocycles. The molecule has 0 spiro atoms. The van der Waals surface area contributed by atoms with Gasteiger partial charge in [0, 0.05) is 12.1 Å². The smallest absolute Gasteiger partial charge is 0.125 e. The zero-order chi connectivity index (χ0) is 14.1. The second-order valence-corrected chi connectivity index (χ2v) is 5.54. The van der Waals surface area contributed by atoms with Gasteiger partial charge >= 0.3 is 0 Å². The van der Waals surface area contributed by atoms with Gasteiger partial charge in [-0.05, 0) is 37.1 Å². The molecular weight excluding hydrogens is 264 g/mol. The number of anilines is 1. The van der Waals surface area contributed by atoms with Gasteiger partial charge in [0.25, 0.3) is 0 Å². The molecule has 0 aliphatic carbocycles. The molecule has 1 aliphatic rings. The van der Waals surface area contributed by atoms with E-state index in [1.165, 1.54) is 16.7 Å². The van der Waals surface area contributed by atoms with Crippen molar-refractivity contribution in [1.82, 2.24) is 0 Å². The number of fused-ring (bicyclic) bond motifs is 1. The molecule has 2 aromatic rings. The highest BCUT2D eigenvalue weighted by Crippen LogP contribution is 2.27. The quantitative estimate of drug-likeness (QED) is 0.826. The van der Waals surface area contributed by atoms with Gasteiger partial charge in [0.15, 0.2) is 0 Å². The molecule has 0 atom stereocenters. The van der Waals surface area contributed by atoms with Gasteiger partial charge < -0.3 is 5.32 Å². The first-order valence-electron chi connectivity index (χ1n) is 6.67. The molecule has 0 bridgehead atoms. The second kappa shape index (κ2) is 5.17. The Labute approximate surface area is 124 Å². The van der Waals surface area contributed by atoms with Crippen LogP contribution in [-0.2, 0) is 6.42 Å². The Morgan fingerprint density at radius 3 is 2.70 bits per heavy atom. The van der Waals surface area contributed by atoms with Crippen molar-refractivity contribution >= 4 is 34.3 Å². The summed E-state index contributed by atoms with van der Waals surface area (Å²) in [6.45, 7) is 4.18. The molecule has 3 rings (SSSR count). The maximum atomic E-state index is 5.49. The molecule has 2 nitrogen and oxygen atoms in total. The summed E-state index contributed by atoms with van der Waals surface area (Å²) in [6.07, 6.45) is 0.812. The molecule has 1 N–H and O–H groups in total. The van der Waals surface area contributed by atoms with Crippen molar-refractivity contribution in [2.75, 3.05) is 5.32 Å². The Morgan fingerprint density at radius 2 is 1.95 bits per heavy atom. The number of thiocarbonyl (C=S) groups is 1. The van der Waals surface area contributed by atoms with Gasteiger partial charge in [0.2, 0.25) is 0 Å². The summed E-state index contributed by atoms with van der Waals surface area (Å²) in [6, 6.07) is 14.5. The monoisotopic (exact) mass is 280 g/mol. The van der Waals surface area contributed by atoms with Crippen LogP contribution in [0.2, 0.25) is 0 Å². The van der Waals surface area contributed by atoms with Crippen molar-refractivity contribution in [2.24, 2.45) is 4.99 Å². The summed E-state index contributed by atoms with van der Waals surface area (Å²) in [4.78, 5) is 5.32. The Bertz CT molecular complexity index is 717. The number of aliphatic imine (C=N–C) groups is 1. The first-order valence-corrected chi connectivity index (χ1v) is 7.08. The maximum Gasteiger partial charge on any atom is 0.125 e. The van der Waals surface area contributed by atoms with Crippen LogP contribution >= 0.6 is 12.2 Å². The maximum absolute atomic E-state index is 5.49. The van der Waals surface area contributed by atoms with E-state index in [9.17, 15) is 0 Å². The third-order valence-corrected chi connectivity index (χ3v) is 3.83. The number of aryl methyl sites for hydroxylation is 2. The molecule has 0 aromatic heterocycles. The van der Waals surface area contributed by atoms with E-state index in [0.29, 0.717) is 4.99 Å². The fourth-order valence-corrected chi connectivity index (χ4v) is 2.64. The highest BCUT2D eigenvalue weighted by atomic mass is 32.1. The Balaban J connectivity index is 1.79. The molecule has 1 aliphatic heterocycles. The van der Waals surface area contributed by atoms with E-state index in [2.05, 4.69) is 48.4 Å². The van der Waals surface area contributed by atoms with Crippen molar-refractivity contribution in [3.63, 3.8) is 0 Å². The zero-order valence-corrected chi connectivity index (χ0v) is 12.4. The van der Waals surface area contributed by atoms with Crippen molar-refractivity contribution in [3.8, 4) is 0 Å². The first kappa shape index (κ1) is 13.0. The van der Waals surface area contributed by atoms with Gasteiger partial charge in [0.1, 0.15) is 4.99 Å². The van der Waals surface area contributed by atoms with Gasteiger partial charge in [0.05, 0.1) is 11.4 Å². The first-order chi connectivity index (χ1) is 9.63. The SMILES string of the molecule is Cc1ccc(NC(=S)C2=Nc3ccccc3C2)c(C)c1. The van der Waals surface area contributed by atoms with Crippen LogP contribution in [0.1, 0.15) is 16.7 Å². The Hall–Kier alpha value is -2.00. The van der Waals surface area contributed by atoms with Crippen LogP contribution < -0.4 is 5.32 Å². The number of nitrogens with zero attached hydrogens (tertiary/aromatic N) is 1. The molecule has 0 radical (unpaired) electrons. The number of hydrogen-bond acceptors (Lipinski definition) is 2. The normalized spacial score (nSPS) is 12.8. The van der Waals surface area contributed by atoms with Crippen LogP contribution in [0.4, 0.5) is 11.4 Å². The lowest BCUT2D eigenvalue weighted by Crippen LogP contribution is -2.21. The second-order valence-electron chi connectivity index (χ2n) is 5.14. The summed E-state index contributed by atoms with van der Waals surface area (Å²) < 4.78 is 0. The predicted octanol–water partition coefficient (Wildman–Crippen LogP) is 4.37. The average Bonchev–Trinajstić information content (AvgIpc) is 2.86. The standard InChI is InChI=1S/C17H16N2S/c1-11-7-8-14(12(2)9-11)19-17(20)16-10-13-5-3-4-6-15(13)18-16/h3-9H,10H2,1-2H3,(H,19,20). The fourth-order valence-electron chi connectivity index (χ4n) is 2.41. The third-order valence-electron chi connectivity index (χ3n) is 3.50. The topological polar surface area (TPSA) is 24.4 Å². The van der Waals surface area contributed by atoms with Crippen molar-refractivity contribution in [2.45, 2.75) is 20.3 Å². The highest BCUT2D eigenvalue weighted by molar-refractivity contribution is 7.82. The summed E-state index contributed by atoms with van der Waals surface area (Å²) in [5.41, 5.74) is 6.73. The van der Waals surface area contributed by atoms with E-state index < -0.39 is 0 Å². The Morgan fingerprint density at radius 1 is 1.15 bits per heavy atom. The van der Waals surface area contributed by atoms with Crippen LogP contribution in [0.3, 0.4) is 0 Å². The summed E-state index contributed by atoms with van der Waals surface area (Å²) in [5, 5.41) is 3.31. The van der Waals surface area contributed by atoms with E-state index in [4.69, 9.17) is 12.2 Å². The fraction of sp³-hybridized carbons (Fsp3) is 0.176. The number of rotatable bonds is 2. The lowest BCUT2D eigenvalue weighted by molar-refractivity contribution is 1.38. The summed E-state index contributed by atoms with van der Waals surface area (Å²) in [5.74, 6) is 0. The van der Waals surface area contributed by atoms with Crippen molar-refractivity contribution in [3.05, 3.63) is 59.2 Å². The van der Waals surface area contributed by atoms with E-state index in [1.54, 1.807) is 0 Å². The van der Waals surface area contributed by atoms with E-state index in [0.717, 1.165) is 23.5 Å². The minimum atomic E-state index is 0.716. The third kappa shape index (κ3) is 2.49. The molecule has 0 fully saturated rings. The molecule has 1 heterocycles. The minimum Gasteiger partial charge on any atom is -0.345 e. The molecule has 3 heteroatoms. The van der Waals surface area contributed by atoms with Gasteiger partial charge in [-0.25, -0.2) is 4.99 Å². The number of nitrogens with one attached hydrogen (secondary N) is 1. The molecular formula is C17H16N2S. The minimum absolute atomic E-state index is 0.716. The molecule has 0 saturated carbocycles. The summed E-state index contributed by atoms with van der Waals surface area (Å²) >= 11 is 5.49. The molecule has 20 heavy (non-hydrogen) atoms. The molecule has 0 amide bonds. The van der Waals surface area contributed by atoms with E-state index in [1.807, 2.05) is 18.2 Å². The zero-order valence-electron chi connectivity index (χ0n) is 11.6. The van der Waals surface area contributed by atoms with Gasteiger partial charge in [-0.1, -0.05) is 48.1 Å². The predicted molar refractivity (Wildman–Crippen MR) is 89.4 cm³/mol. The molecule has 100 valence electrons. The lowest BCUT2D eigenvalue weighted by Gasteiger charge is -2.11. The van der Waals surface area contributed by atoms with Gasteiger partial charge in [-0.15, -0.1) is 0 Å². The number of para-hydroxylation sites is 1. The highest BCUT2D eigenvalue weighted by Gasteiger charge is 2.17. The number of benzene rings is 2. The van der Waals surface area contributed by atoms with Gasteiger partial charge in [-0.3, -0.25) is 0 Å². The number of hydrogen-bond donors (Lipinski definition) is 1. The molecule has 2 aromatic carbocycles. The molecule has 0 unspecified atom stereocenters. The van der Waals surface area contributed by atoms with Crippen molar-refractivity contribution < 1.29 is 0 Å². The van der Waals surface area contributed by atoms with Crippen LogP contribution in [0.15, 0.2) is 47.5 Å². The lowest BCUT2D eigenvalue weighted by atomic mass is 10.1. The van der Waals surface area contributed by atoms with Crippen molar-refractivity contribution in [1.29, 1.82) is 0 Å². The van der Waals surface area contributed by atoms with Crippen LogP contribution in [0.5, 0.6) is 0 Å². The van der Waals surface area contributed by atoms with E-state index in [-0.39, 0.29) is 0 Å². The average molecular weight is 280 g/mol. The van der Waals surface area contributed by atoms with E-state index >= 15 is 0 Å². The van der Waals surface area contributed by atoms with Crippen LogP contribution in [-0.4, -0.2) is 10.7 Å². The van der Waals surface area contributed by atoms with Crippen LogP contribution in [0.25, 0.3) is 0 Å². The Kier molecular flexibility index (Phi) is 3.36.